The summed E-state index contributed by atoms with van der Waals surface area (Å²) in [5.41, 5.74) is -0.457. The molecule has 1 aromatic heterocycles. The Morgan fingerprint density at radius 3 is 2.90 bits per heavy atom. The van der Waals surface area contributed by atoms with Gasteiger partial charge >= 0.3 is 0 Å². The first-order valence-electron chi connectivity index (χ1n) is 6.02. The van der Waals surface area contributed by atoms with Crippen LogP contribution in [-0.4, -0.2) is 33.3 Å². The number of carbonyl (C=O) groups is 1. The van der Waals surface area contributed by atoms with Gasteiger partial charge in [0.25, 0.3) is 11.6 Å². The van der Waals surface area contributed by atoms with Crippen LogP contribution in [0.15, 0.2) is 12.3 Å². The predicted molar refractivity (Wildman–Crippen MR) is 70.2 cm³/mol. The van der Waals surface area contributed by atoms with Crippen LogP contribution < -0.4 is 0 Å². The summed E-state index contributed by atoms with van der Waals surface area (Å²) in [6.45, 7) is 0.261. The fourth-order valence-electron chi connectivity index (χ4n) is 1.90. The second-order valence-electron chi connectivity index (χ2n) is 4.42. The SMILES string of the molecule is N#CCCN(C(=O)c1cc(Cl)ncc1[N+](=O)[O-])C1CC1. The van der Waals surface area contributed by atoms with Gasteiger partial charge in [-0.3, -0.25) is 14.9 Å². The Morgan fingerprint density at radius 2 is 2.35 bits per heavy atom. The molecule has 0 aromatic carbocycles. The third kappa shape index (κ3) is 3.03. The van der Waals surface area contributed by atoms with Crippen molar-refractivity contribution < 1.29 is 9.72 Å². The molecular formula is C12H11ClN4O3. The smallest absolute Gasteiger partial charge is 0.300 e. The second-order valence-corrected chi connectivity index (χ2v) is 4.81. The highest BCUT2D eigenvalue weighted by molar-refractivity contribution is 6.29. The minimum atomic E-state index is -0.661. The molecule has 0 unspecified atom stereocenters. The molecule has 0 bridgehead atoms. The van der Waals surface area contributed by atoms with Gasteiger partial charge in [0.1, 0.15) is 16.9 Å². The monoisotopic (exact) mass is 294 g/mol. The number of hydrogen-bond acceptors (Lipinski definition) is 5. The highest BCUT2D eigenvalue weighted by atomic mass is 35.5. The molecule has 1 aliphatic carbocycles. The maximum absolute atomic E-state index is 12.4. The van der Waals surface area contributed by atoms with E-state index in [0.29, 0.717) is 0 Å². The van der Waals surface area contributed by atoms with Crippen molar-refractivity contribution in [3.8, 4) is 6.07 Å². The Hall–Kier alpha value is -2.20. The highest BCUT2D eigenvalue weighted by Gasteiger charge is 2.35. The van der Waals surface area contributed by atoms with Gasteiger partial charge in [-0.1, -0.05) is 11.6 Å². The summed E-state index contributed by atoms with van der Waals surface area (Å²) >= 11 is 5.71. The first-order chi connectivity index (χ1) is 9.54. The largest absolute Gasteiger partial charge is 0.334 e. The molecule has 1 fully saturated rings. The molecule has 1 heterocycles. The van der Waals surface area contributed by atoms with Crippen LogP contribution in [0.4, 0.5) is 5.69 Å². The third-order valence-electron chi connectivity index (χ3n) is 2.99. The maximum atomic E-state index is 12.4. The van der Waals surface area contributed by atoms with Gasteiger partial charge in [0.05, 0.1) is 17.4 Å². The van der Waals surface area contributed by atoms with E-state index in [1.54, 1.807) is 0 Å². The van der Waals surface area contributed by atoms with Crippen LogP contribution in [0.1, 0.15) is 29.6 Å². The lowest BCUT2D eigenvalue weighted by Crippen LogP contribution is -2.34. The maximum Gasteiger partial charge on any atom is 0.300 e. The Kier molecular flexibility index (Phi) is 4.15. The standard InChI is InChI=1S/C12H11ClN4O3/c13-11-6-9(10(7-15-11)17(19)20)12(18)16(5-1-4-14)8-2-3-8/h6-8H,1-3,5H2. The van der Waals surface area contributed by atoms with E-state index >= 15 is 0 Å². The van der Waals surface area contributed by atoms with E-state index in [2.05, 4.69) is 4.98 Å². The second kappa shape index (κ2) is 5.84. The molecule has 1 saturated carbocycles. The summed E-state index contributed by atoms with van der Waals surface area (Å²) in [5, 5.41) is 19.6. The van der Waals surface area contributed by atoms with Crippen LogP contribution in [0.2, 0.25) is 5.15 Å². The van der Waals surface area contributed by atoms with Crippen molar-refractivity contribution in [2.75, 3.05) is 6.54 Å². The molecule has 7 nitrogen and oxygen atoms in total. The van der Waals surface area contributed by atoms with Crippen molar-refractivity contribution in [2.45, 2.75) is 25.3 Å². The van der Waals surface area contributed by atoms with Crippen molar-refractivity contribution in [1.29, 1.82) is 5.26 Å². The van der Waals surface area contributed by atoms with E-state index in [0.717, 1.165) is 19.0 Å². The van der Waals surface area contributed by atoms with Crippen LogP contribution in [0, 0.1) is 21.4 Å². The topological polar surface area (TPSA) is 100 Å². The van der Waals surface area contributed by atoms with Crippen LogP contribution in [0.3, 0.4) is 0 Å². The number of halogens is 1. The molecular weight excluding hydrogens is 284 g/mol. The number of nitriles is 1. The van der Waals surface area contributed by atoms with Crippen LogP contribution in [0.25, 0.3) is 0 Å². The Labute approximate surface area is 119 Å². The first kappa shape index (κ1) is 14.2. The van der Waals surface area contributed by atoms with Gasteiger partial charge in [-0.15, -0.1) is 0 Å². The molecule has 20 heavy (non-hydrogen) atoms. The van der Waals surface area contributed by atoms with Crippen molar-refractivity contribution in [1.82, 2.24) is 9.88 Å². The number of aromatic nitrogens is 1. The van der Waals surface area contributed by atoms with Crippen molar-refractivity contribution in [2.24, 2.45) is 0 Å². The molecule has 0 radical (unpaired) electrons. The Bertz CT molecular complexity index is 595. The summed E-state index contributed by atoms with van der Waals surface area (Å²) in [6.07, 6.45) is 2.87. The number of nitrogens with zero attached hydrogens (tertiary/aromatic N) is 4. The lowest BCUT2D eigenvalue weighted by molar-refractivity contribution is -0.385. The number of carbonyl (C=O) groups excluding carboxylic acids is 1. The third-order valence-corrected chi connectivity index (χ3v) is 3.20. The van der Waals surface area contributed by atoms with Gasteiger partial charge in [0, 0.05) is 12.6 Å². The zero-order chi connectivity index (χ0) is 14.7. The summed E-state index contributed by atoms with van der Waals surface area (Å²) in [4.78, 5) is 27.9. The predicted octanol–water partition coefficient (Wildman–Crippen LogP) is 2.16. The van der Waals surface area contributed by atoms with Gasteiger partial charge in [0.2, 0.25) is 0 Å². The zero-order valence-electron chi connectivity index (χ0n) is 10.5. The lowest BCUT2D eigenvalue weighted by atomic mass is 10.2. The van der Waals surface area contributed by atoms with Crippen LogP contribution in [0.5, 0.6) is 0 Å². The summed E-state index contributed by atoms with van der Waals surface area (Å²) < 4.78 is 0. The van der Waals surface area contributed by atoms with Gasteiger partial charge in [-0.25, -0.2) is 4.98 Å². The van der Waals surface area contributed by atoms with Gasteiger partial charge in [-0.05, 0) is 18.9 Å². The Morgan fingerprint density at radius 1 is 1.65 bits per heavy atom. The fraction of sp³-hybridized carbons (Fsp3) is 0.417. The van der Waals surface area contributed by atoms with E-state index in [4.69, 9.17) is 16.9 Å². The molecule has 1 aromatic rings. The van der Waals surface area contributed by atoms with Crippen molar-refractivity contribution in [3.05, 3.63) is 33.1 Å². The molecule has 0 atom stereocenters. The lowest BCUT2D eigenvalue weighted by Gasteiger charge is -2.21. The molecule has 1 amide bonds. The fourth-order valence-corrected chi connectivity index (χ4v) is 2.06. The molecule has 0 saturated heterocycles. The van der Waals surface area contributed by atoms with E-state index in [-0.39, 0.29) is 35.4 Å². The number of amides is 1. The summed E-state index contributed by atoms with van der Waals surface area (Å²) in [5.74, 6) is -0.473. The molecule has 0 spiro atoms. The molecule has 0 N–H and O–H groups in total. The molecule has 1 aliphatic rings. The zero-order valence-corrected chi connectivity index (χ0v) is 11.2. The van der Waals surface area contributed by atoms with Crippen molar-refractivity contribution in [3.63, 3.8) is 0 Å². The molecule has 8 heteroatoms. The molecule has 104 valence electrons. The quantitative estimate of drug-likeness (QED) is 0.470. The normalized spacial score (nSPS) is 13.6. The highest BCUT2D eigenvalue weighted by Crippen LogP contribution is 2.30. The summed E-state index contributed by atoms with van der Waals surface area (Å²) in [7, 11) is 0. The minimum Gasteiger partial charge on any atom is -0.334 e. The van der Waals surface area contributed by atoms with Crippen molar-refractivity contribution >= 4 is 23.2 Å². The van der Waals surface area contributed by atoms with Gasteiger partial charge in [0.15, 0.2) is 0 Å². The first-order valence-corrected chi connectivity index (χ1v) is 6.40. The van der Waals surface area contributed by atoms with Crippen LogP contribution in [-0.2, 0) is 0 Å². The number of nitro groups is 1. The average molecular weight is 295 g/mol. The Balaban J connectivity index is 2.33. The average Bonchev–Trinajstić information content (AvgIpc) is 3.23. The number of pyridine rings is 1. The van der Waals surface area contributed by atoms with E-state index < -0.39 is 10.8 Å². The van der Waals surface area contributed by atoms with E-state index in [1.807, 2.05) is 6.07 Å². The minimum absolute atomic E-state index is 0.0231. The van der Waals surface area contributed by atoms with E-state index in [9.17, 15) is 14.9 Å². The van der Waals surface area contributed by atoms with E-state index in [1.165, 1.54) is 11.0 Å². The molecule has 0 aliphatic heterocycles. The van der Waals surface area contributed by atoms with Gasteiger partial charge < -0.3 is 4.90 Å². The summed E-state index contributed by atoms with van der Waals surface area (Å²) in [6, 6.07) is 3.23. The number of rotatable bonds is 5. The van der Waals surface area contributed by atoms with Crippen LogP contribution >= 0.6 is 11.6 Å². The number of hydrogen-bond donors (Lipinski definition) is 0. The van der Waals surface area contributed by atoms with Gasteiger partial charge in [-0.2, -0.15) is 5.26 Å². The molecule has 2 rings (SSSR count).